The summed E-state index contributed by atoms with van der Waals surface area (Å²) in [6.07, 6.45) is 3.80. The van der Waals surface area contributed by atoms with Crippen molar-refractivity contribution in [2.24, 2.45) is 5.92 Å². The van der Waals surface area contributed by atoms with Crippen molar-refractivity contribution in [3.63, 3.8) is 0 Å². The number of hydrogen-bond acceptors (Lipinski definition) is 8. The van der Waals surface area contributed by atoms with Gasteiger partial charge >= 0.3 is 0 Å². The summed E-state index contributed by atoms with van der Waals surface area (Å²) in [4.78, 5) is 28.0. The van der Waals surface area contributed by atoms with Crippen LogP contribution < -0.4 is 9.62 Å². The lowest BCUT2D eigenvalue weighted by Gasteiger charge is -2.31. The molecule has 1 N–H and O–H groups in total. The van der Waals surface area contributed by atoms with Gasteiger partial charge in [-0.25, -0.2) is 13.1 Å². The normalized spacial score (nSPS) is 23.8. The molecule has 3 heterocycles. The summed E-state index contributed by atoms with van der Waals surface area (Å²) in [6.45, 7) is 0.938. The molecule has 10 nitrogen and oxygen atoms in total. The van der Waals surface area contributed by atoms with Crippen molar-refractivity contribution in [1.29, 1.82) is 0 Å². The van der Waals surface area contributed by atoms with Crippen LogP contribution in [-0.2, 0) is 30.9 Å². The number of halogens is 2. The number of ether oxygens (including phenoxy) is 2. The monoisotopic (exact) mass is 659 g/mol. The molecular weight excluding hydrogens is 629 g/mol. The first kappa shape index (κ1) is 29.7. The third-order valence-electron chi connectivity index (χ3n) is 9.06. The lowest BCUT2D eigenvalue weighted by molar-refractivity contribution is -0.126. The molecule has 13 heteroatoms. The summed E-state index contributed by atoms with van der Waals surface area (Å²) >= 11 is 13.0. The highest BCUT2D eigenvalue weighted by Crippen LogP contribution is 2.47. The Morgan fingerprint density at radius 1 is 1.02 bits per heavy atom. The molecule has 1 aromatic heterocycles. The number of nitrogens with zero attached hydrogens (tertiary/aromatic N) is 2. The molecular formula is C31H31Cl2N3O7S. The van der Waals surface area contributed by atoms with E-state index in [1.165, 1.54) is 0 Å². The average Bonchev–Trinajstić information content (AvgIpc) is 3.52. The van der Waals surface area contributed by atoms with E-state index in [0.29, 0.717) is 71.8 Å². The lowest BCUT2D eigenvalue weighted by Crippen LogP contribution is -2.43. The molecule has 2 saturated carbocycles. The van der Waals surface area contributed by atoms with Crippen molar-refractivity contribution in [3.8, 4) is 11.3 Å². The van der Waals surface area contributed by atoms with E-state index in [1.54, 1.807) is 47.4 Å². The van der Waals surface area contributed by atoms with Gasteiger partial charge in [-0.1, -0.05) is 34.4 Å². The number of sulfonamides is 1. The molecule has 2 aromatic carbocycles. The summed E-state index contributed by atoms with van der Waals surface area (Å²) in [7, 11) is -3.81. The second kappa shape index (κ2) is 11.8. The fourth-order valence-corrected chi connectivity index (χ4v) is 8.53. The van der Waals surface area contributed by atoms with Crippen LogP contribution in [0.5, 0.6) is 0 Å². The lowest BCUT2D eigenvalue weighted by atomic mass is 10.0. The zero-order valence-corrected chi connectivity index (χ0v) is 26.0. The van der Waals surface area contributed by atoms with Gasteiger partial charge in [-0.05, 0) is 74.9 Å². The van der Waals surface area contributed by atoms with Crippen LogP contribution in [0.2, 0.25) is 10.0 Å². The molecule has 3 atom stereocenters. The predicted molar refractivity (Wildman–Crippen MR) is 163 cm³/mol. The van der Waals surface area contributed by atoms with Gasteiger partial charge in [0, 0.05) is 47.6 Å². The molecule has 0 spiro atoms. The van der Waals surface area contributed by atoms with Crippen molar-refractivity contribution in [2.75, 3.05) is 18.1 Å². The maximum Gasteiger partial charge on any atom is 0.264 e. The van der Waals surface area contributed by atoms with Crippen molar-refractivity contribution in [1.82, 2.24) is 9.88 Å². The van der Waals surface area contributed by atoms with E-state index >= 15 is 0 Å². The summed E-state index contributed by atoms with van der Waals surface area (Å²) in [5.41, 5.74) is 2.87. The number of carbonyl (C=O) groups excluding carboxylic acids is 2. The van der Waals surface area contributed by atoms with Crippen LogP contribution in [0.4, 0.5) is 5.69 Å². The summed E-state index contributed by atoms with van der Waals surface area (Å²) in [6, 6.07) is 11.7. The van der Waals surface area contributed by atoms with Gasteiger partial charge in [0.25, 0.3) is 5.91 Å². The first-order valence-electron chi connectivity index (χ1n) is 14.8. The summed E-state index contributed by atoms with van der Waals surface area (Å²) in [5.74, 6) is 0.0522. The molecule has 232 valence electrons. The molecule has 4 fully saturated rings. The van der Waals surface area contributed by atoms with E-state index in [2.05, 4.69) is 9.88 Å². The molecule has 2 bridgehead atoms. The van der Waals surface area contributed by atoms with Gasteiger partial charge in [0.2, 0.25) is 15.9 Å². The Kier molecular flexibility index (Phi) is 7.95. The first-order chi connectivity index (χ1) is 21.2. The smallest absolute Gasteiger partial charge is 0.264 e. The summed E-state index contributed by atoms with van der Waals surface area (Å²) < 4.78 is 44.8. The van der Waals surface area contributed by atoms with Crippen molar-refractivity contribution in [2.45, 2.75) is 68.4 Å². The molecule has 7 rings (SSSR count). The van der Waals surface area contributed by atoms with Crippen LogP contribution in [0, 0.1) is 5.92 Å². The Morgan fingerprint density at radius 2 is 1.73 bits per heavy atom. The number of fused-ring (bicyclic) bond motifs is 2. The largest absolute Gasteiger partial charge is 0.381 e. The third-order valence-corrected chi connectivity index (χ3v) is 11.5. The Labute approximate surface area is 265 Å². The van der Waals surface area contributed by atoms with Gasteiger partial charge in [-0.15, -0.1) is 0 Å². The van der Waals surface area contributed by atoms with E-state index < -0.39 is 21.2 Å². The zero-order chi connectivity index (χ0) is 30.6. The maximum absolute atomic E-state index is 13.5. The van der Waals surface area contributed by atoms with E-state index in [-0.39, 0.29) is 36.1 Å². The van der Waals surface area contributed by atoms with Gasteiger partial charge in [-0.3, -0.25) is 9.59 Å². The molecule has 2 aliphatic carbocycles. The van der Waals surface area contributed by atoms with E-state index in [1.807, 2.05) is 0 Å². The van der Waals surface area contributed by atoms with Crippen LogP contribution in [0.25, 0.3) is 11.3 Å². The molecule has 0 radical (unpaired) electrons. The highest BCUT2D eigenvalue weighted by atomic mass is 35.5. The number of piperidine rings is 1. The average molecular weight is 661 g/mol. The van der Waals surface area contributed by atoms with Crippen LogP contribution >= 0.6 is 23.2 Å². The number of aromatic nitrogens is 1. The number of rotatable bonds is 9. The number of amides is 2. The van der Waals surface area contributed by atoms with Crippen LogP contribution in [0.1, 0.15) is 66.1 Å². The van der Waals surface area contributed by atoms with Crippen LogP contribution in [-0.4, -0.2) is 56.0 Å². The fourth-order valence-electron chi connectivity index (χ4n) is 6.59. The minimum Gasteiger partial charge on any atom is -0.381 e. The Hall–Kier alpha value is -2.96. The molecule has 44 heavy (non-hydrogen) atoms. The molecule has 3 aromatic rings. The molecule has 0 unspecified atom stereocenters. The predicted octanol–water partition coefficient (Wildman–Crippen LogP) is 5.48. The third kappa shape index (κ3) is 5.53. The van der Waals surface area contributed by atoms with Gasteiger partial charge < -0.3 is 18.9 Å². The van der Waals surface area contributed by atoms with Gasteiger partial charge in [0.05, 0.1) is 33.9 Å². The Bertz CT molecular complexity index is 1680. The standard InChI is InChI=1S/C31H31Cl2N3O7S/c32-24-2-1-3-25(33)27(24)28-23(29(43-34-28)17-4-5-17)16-42-26-15-20-14-22(26)31(38)36(20)19-8-6-18(7-9-19)30(37)35-44(39,40)21-10-12-41-13-11-21/h1-3,6-9,17,20-22,26H,4-5,10-16H2,(H,35,37)/t20-,22+,26+/m0/s1. The fraction of sp³-hybridized carbons (Fsp3) is 0.452. The SMILES string of the molecule is O=C(NS(=O)(=O)C1CCOCC1)c1ccc(N2C(=O)[C@@H]3C[C@H]2C[C@H]3OCc2c(-c3c(Cl)cccc3Cl)noc2C2CC2)cc1. The number of nitrogens with one attached hydrogen (secondary N) is 1. The topological polar surface area (TPSA) is 128 Å². The highest BCUT2D eigenvalue weighted by Gasteiger charge is 2.52. The molecule has 2 saturated heterocycles. The van der Waals surface area contributed by atoms with Crippen LogP contribution in [0.3, 0.4) is 0 Å². The zero-order valence-electron chi connectivity index (χ0n) is 23.7. The van der Waals surface area contributed by atoms with Crippen LogP contribution in [0.15, 0.2) is 47.0 Å². The highest BCUT2D eigenvalue weighted by molar-refractivity contribution is 7.90. The minimum absolute atomic E-state index is 0.0346. The van der Waals surface area contributed by atoms with Crippen molar-refractivity contribution < 1.29 is 32.0 Å². The van der Waals surface area contributed by atoms with E-state index in [9.17, 15) is 18.0 Å². The first-order valence-corrected chi connectivity index (χ1v) is 17.1. The number of benzene rings is 2. The summed E-state index contributed by atoms with van der Waals surface area (Å²) in [5, 5.41) is 4.62. The van der Waals surface area contributed by atoms with Gasteiger partial charge in [0.1, 0.15) is 11.5 Å². The molecule has 2 aliphatic heterocycles. The van der Waals surface area contributed by atoms with E-state index in [4.69, 9.17) is 37.2 Å². The second-order valence-corrected chi connectivity index (χ2v) is 14.6. The molecule has 2 amide bonds. The van der Waals surface area contributed by atoms with E-state index in [0.717, 1.165) is 24.2 Å². The van der Waals surface area contributed by atoms with Gasteiger partial charge in [0.15, 0.2) is 0 Å². The Balaban J connectivity index is 1.01. The maximum atomic E-state index is 13.5. The van der Waals surface area contributed by atoms with Crippen molar-refractivity contribution >= 4 is 50.7 Å². The number of hydrogen-bond donors (Lipinski definition) is 1. The Morgan fingerprint density at radius 3 is 2.39 bits per heavy atom. The van der Waals surface area contributed by atoms with Gasteiger partial charge in [-0.2, -0.15) is 0 Å². The van der Waals surface area contributed by atoms with Crippen molar-refractivity contribution in [3.05, 3.63) is 69.4 Å². The number of anilines is 1. The quantitative estimate of drug-likeness (QED) is 0.320. The second-order valence-electron chi connectivity index (χ2n) is 11.9. The number of carbonyl (C=O) groups is 2. The minimum atomic E-state index is -3.81. The molecule has 4 aliphatic rings.